The summed E-state index contributed by atoms with van der Waals surface area (Å²) in [5, 5.41) is 4.02. The summed E-state index contributed by atoms with van der Waals surface area (Å²) in [4.78, 5) is 19.1. The second kappa shape index (κ2) is 5.94. The van der Waals surface area contributed by atoms with E-state index < -0.39 is 0 Å². The van der Waals surface area contributed by atoms with E-state index in [1.807, 2.05) is 18.7 Å². The molecule has 3 rings (SSSR count). The fourth-order valence-corrected chi connectivity index (χ4v) is 2.81. The number of carbonyl (C=O) groups excluding carboxylic acids is 1. The molecular formula is C16H21N3O3. The molecule has 1 fully saturated rings. The Balaban J connectivity index is 1.87. The second-order valence-electron chi connectivity index (χ2n) is 6.05. The number of hydrogen-bond acceptors (Lipinski definition) is 5. The Kier molecular flexibility index (Phi) is 4.00. The lowest BCUT2D eigenvalue weighted by molar-refractivity contribution is 0.0559. The minimum atomic E-state index is -0.143. The molecule has 0 saturated carbocycles. The van der Waals surface area contributed by atoms with Gasteiger partial charge in [0, 0.05) is 12.5 Å². The predicted molar refractivity (Wildman–Crippen MR) is 79.5 cm³/mol. The lowest BCUT2D eigenvalue weighted by Gasteiger charge is -2.33. The van der Waals surface area contributed by atoms with Gasteiger partial charge in [0.25, 0.3) is 5.91 Å². The molecule has 6 heteroatoms. The standard InChI is InChI=1S/C16H21N3O3/c1-10(2)14-17-15(22-18-14)13-6-4-5-8-19(13)16(20)12-7-9-21-11(12)3/h7,9-10,13H,4-6,8H2,1-3H3/t13-/m1/s1. The largest absolute Gasteiger partial charge is 0.469 e. The number of aryl methyl sites for hydroxylation is 1. The molecular weight excluding hydrogens is 282 g/mol. The molecule has 0 bridgehead atoms. The first kappa shape index (κ1) is 14.8. The highest BCUT2D eigenvalue weighted by atomic mass is 16.5. The van der Waals surface area contributed by atoms with Crippen molar-refractivity contribution in [2.75, 3.05) is 6.54 Å². The van der Waals surface area contributed by atoms with Crippen LogP contribution in [0.2, 0.25) is 0 Å². The van der Waals surface area contributed by atoms with Crippen molar-refractivity contribution < 1.29 is 13.7 Å². The highest BCUT2D eigenvalue weighted by Gasteiger charge is 2.33. The average molecular weight is 303 g/mol. The van der Waals surface area contributed by atoms with Crippen molar-refractivity contribution in [1.29, 1.82) is 0 Å². The van der Waals surface area contributed by atoms with E-state index in [9.17, 15) is 4.79 Å². The van der Waals surface area contributed by atoms with E-state index in [0.29, 0.717) is 29.6 Å². The summed E-state index contributed by atoms with van der Waals surface area (Å²) in [7, 11) is 0. The van der Waals surface area contributed by atoms with Crippen molar-refractivity contribution in [3.63, 3.8) is 0 Å². The summed E-state index contributed by atoms with van der Waals surface area (Å²) in [5.74, 6) is 2.05. The summed E-state index contributed by atoms with van der Waals surface area (Å²) in [5.41, 5.74) is 0.607. The first-order valence-electron chi connectivity index (χ1n) is 7.76. The van der Waals surface area contributed by atoms with Gasteiger partial charge >= 0.3 is 0 Å². The lowest BCUT2D eigenvalue weighted by Crippen LogP contribution is -2.38. The van der Waals surface area contributed by atoms with Gasteiger partial charge in [-0.1, -0.05) is 19.0 Å². The zero-order chi connectivity index (χ0) is 15.7. The molecule has 1 saturated heterocycles. The van der Waals surface area contributed by atoms with Crippen LogP contribution < -0.4 is 0 Å². The number of carbonyl (C=O) groups is 1. The highest BCUT2D eigenvalue weighted by Crippen LogP contribution is 2.32. The minimum Gasteiger partial charge on any atom is -0.469 e. The zero-order valence-electron chi connectivity index (χ0n) is 13.2. The normalized spacial score (nSPS) is 18.9. The van der Waals surface area contributed by atoms with Gasteiger partial charge in [-0.05, 0) is 32.3 Å². The molecule has 2 aromatic heterocycles. The Labute approximate surface area is 129 Å². The minimum absolute atomic E-state index is 0.0275. The van der Waals surface area contributed by atoms with Gasteiger partial charge < -0.3 is 13.8 Å². The van der Waals surface area contributed by atoms with Crippen LogP contribution in [0.4, 0.5) is 0 Å². The van der Waals surface area contributed by atoms with Crippen LogP contribution in [0.25, 0.3) is 0 Å². The van der Waals surface area contributed by atoms with Crippen molar-refractivity contribution in [1.82, 2.24) is 15.0 Å². The molecule has 1 aliphatic rings. The van der Waals surface area contributed by atoms with Crippen molar-refractivity contribution in [2.45, 2.75) is 52.0 Å². The van der Waals surface area contributed by atoms with E-state index in [-0.39, 0.29) is 17.9 Å². The monoisotopic (exact) mass is 303 g/mol. The first-order valence-corrected chi connectivity index (χ1v) is 7.76. The molecule has 0 radical (unpaired) electrons. The van der Waals surface area contributed by atoms with Gasteiger partial charge in [-0.2, -0.15) is 4.98 Å². The van der Waals surface area contributed by atoms with Crippen molar-refractivity contribution in [2.24, 2.45) is 0 Å². The topological polar surface area (TPSA) is 72.4 Å². The number of amides is 1. The smallest absolute Gasteiger partial charge is 0.258 e. The summed E-state index contributed by atoms with van der Waals surface area (Å²) in [6.07, 6.45) is 4.44. The predicted octanol–water partition coefficient (Wildman–Crippen LogP) is 3.46. The number of furan rings is 1. The van der Waals surface area contributed by atoms with Gasteiger partial charge in [0.05, 0.1) is 11.8 Å². The van der Waals surface area contributed by atoms with Gasteiger partial charge in [0.1, 0.15) is 11.8 Å². The van der Waals surface area contributed by atoms with Gasteiger partial charge in [-0.15, -0.1) is 0 Å². The number of nitrogens with zero attached hydrogens (tertiary/aromatic N) is 3. The van der Waals surface area contributed by atoms with Gasteiger partial charge in [-0.25, -0.2) is 0 Å². The van der Waals surface area contributed by atoms with Gasteiger partial charge in [-0.3, -0.25) is 4.79 Å². The fraction of sp³-hybridized carbons (Fsp3) is 0.562. The van der Waals surface area contributed by atoms with Crippen LogP contribution in [0, 0.1) is 6.92 Å². The number of piperidine rings is 1. The van der Waals surface area contributed by atoms with E-state index in [0.717, 1.165) is 19.3 Å². The van der Waals surface area contributed by atoms with Crippen LogP contribution in [-0.2, 0) is 0 Å². The van der Waals surface area contributed by atoms with E-state index in [1.165, 1.54) is 0 Å². The van der Waals surface area contributed by atoms with E-state index >= 15 is 0 Å². The summed E-state index contributed by atoms with van der Waals surface area (Å²) in [6.45, 7) is 6.55. The molecule has 0 unspecified atom stereocenters. The van der Waals surface area contributed by atoms with Crippen molar-refractivity contribution in [3.05, 3.63) is 35.4 Å². The van der Waals surface area contributed by atoms with E-state index in [4.69, 9.17) is 8.94 Å². The maximum absolute atomic E-state index is 12.8. The molecule has 2 aromatic rings. The third-order valence-corrected chi connectivity index (χ3v) is 4.11. The first-order chi connectivity index (χ1) is 10.6. The van der Waals surface area contributed by atoms with Crippen LogP contribution in [-0.4, -0.2) is 27.5 Å². The van der Waals surface area contributed by atoms with Crippen molar-refractivity contribution >= 4 is 5.91 Å². The van der Waals surface area contributed by atoms with Crippen molar-refractivity contribution in [3.8, 4) is 0 Å². The molecule has 1 aliphatic heterocycles. The fourth-order valence-electron chi connectivity index (χ4n) is 2.81. The lowest BCUT2D eigenvalue weighted by atomic mass is 10.0. The average Bonchev–Trinajstić information content (AvgIpc) is 3.15. The molecule has 6 nitrogen and oxygen atoms in total. The third-order valence-electron chi connectivity index (χ3n) is 4.11. The number of hydrogen-bond donors (Lipinski definition) is 0. The molecule has 0 aromatic carbocycles. The third kappa shape index (κ3) is 2.65. The molecule has 22 heavy (non-hydrogen) atoms. The Morgan fingerprint density at radius 1 is 1.41 bits per heavy atom. The van der Waals surface area contributed by atoms with Crippen LogP contribution in [0.1, 0.15) is 72.9 Å². The molecule has 0 aliphatic carbocycles. The SMILES string of the molecule is Cc1occc1C(=O)N1CCCC[C@@H]1c1nc(C(C)C)no1. The maximum atomic E-state index is 12.8. The Morgan fingerprint density at radius 2 is 2.23 bits per heavy atom. The molecule has 0 N–H and O–H groups in total. The number of aromatic nitrogens is 2. The Hall–Kier alpha value is -2.11. The molecule has 3 heterocycles. The zero-order valence-corrected chi connectivity index (χ0v) is 13.2. The van der Waals surface area contributed by atoms with E-state index in [1.54, 1.807) is 19.3 Å². The highest BCUT2D eigenvalue weighted by molar-refractivity contribution is 5.95. The summed E-state index contributed by atoms with van der Waals surface area (Å²) in [6, 6.07) is 1.58. The molecule has 1 amide bonds. The van der Waals surface area contributed by atoms with Gasteiger partial charge in [0.2, 0.25) is 5.89 Å². The number of likely N-dealkylation sites (tertiary alicyclic amines) is 1. The number of rotatable bonds is 3. The van der Waals surface area contributed by atoms with Crippen LogP contribution >= 0.6 is 0 Å². The summed E-state index contributed by atoms with van der Waals surface area (Å²) < 4.78 is 10.7. The van der Waals surface area contributed by atoms with Crippen LogP contribution in [0.5, 0.6) is 0 Å². The van der Waals surface area contributed by atoms with Crippen LogP contribution in [0.3, 0.4) is 0 Å². The van der Waals surface area contributed by atoms with Crippen LogP contribution in [0.15, 0.2) is 21.3 Å². The molecule has 1 atom stereocenters. The summed E-state index contributed by atoms with van der Waals surface area (Å²) >= 11 is 0. The maximum Gasteiger partial charge on any atom is 0.258 e. The second-order valence-corrected chi connectivity index (χ2v) is 6.05. The molecule has 118 valence electrons. The quantitative estimate of drug-likeness (QED) is 0.868. The Morgan fingerprint density at radius 3 is 2.86 bits per heavy atom. The Bertz CT molecular complexity index is 659. The van der Waals surface area contributed by atoms with Gasteiger partial charge in [0.15, 0.2) is 5.82 Å². The molecule has 0 spiro atoms. The van der Waals surface area contributed by atoms with E-state index in [2.05, 4.69) is 10.1 Å².